The highest BCUT2D eigenvalue weighted by Gasteiger charge is 2.10. The number of aryl methyl sites for hydroxylation is 1. The number of nitrogens with zero attached hydrogens (tertiary/aromatic N) is 2. The molecule has 2 aromatic rings. The molecule has 0 saturated carbocycles. The summed E-state index contributed by atoms with van der Waals surface area (Å²) in [4.78, 5) is 4.24. The first kappa shape index (κ1) is 12.1. The maximum Gasteiger partial charge on any atom is 0.144 e. The lowest BCUT2D eigenvalue weighted by atomic mass is 10.1. The SMILES string of the molecule is Cc1ccnc(N[C@H](C)c2ccccc2)c1C#N. The molecule has 0 saturated heterocycles. The summed E-state index contributed by atoms with van der Waals surface area (Å²) < 4.78 is 0. The van der Waals surface area contributed by atoms with E-state index in [9.17, 15) is 0 Å². The van der Waals surface area contributed by atoms with Gasteiger partial charge in [-0.2, -0.15) is 5.26 Å². The van der Waals surface area contributed by atoms with Gasteiger partial charge in [-0.05, 0) is 31.0 Å². The lowest BCUT2D eigenvalue weighted by Crippen LogP contribution is -2.09. The molecule has 0 aliphatic heterocycles. The van der Waals surface area contributed by atoms with Crippen molar-refractivity contribution in [2.75, 3.05) is 5.32 Å². The minimum atomic E-state index is 0.118. The molecule has 1 atom stereocenters. The van der Waals surface area contributed by atoms with Crippen molar-refractivity contribution in [3.63, 3.8) is 0 Å². The Kier molecular flexibility index (Phi) is 3.59. The first-order valence-corrected chi connectivity index (χ1v) is 5.89. The normalized spacial score (nSPS) is 11.6. The van der Waals surface area contributed by atoms with Crippen molar-refractivity contribution >= 4 is 5.82 Å². The fraction of sp³-hybridized carbons (Fsp3) is 0.200. The summed E-state index contributed by atoms with van der Waals surface area (Å²) >= 11 is 0. The van der Waals surface area contributed by atoms with Crippen molar-refractivity contribution in [3.8, 4) is 6.07 Å². The van der Waals surface area contributed by atoms with Crippen LogP contribution >= 0.6 is 0 Å². The molecule has 90 valence electrons. The lowest BCUT2D eigenvalue weighted by molar-refractivity contribution is 0.872. The van der Waals surface area contributed by atoms with Gasteiger partial charge in [-0.25, -0.2) is 4.98 Å². The van der Waals surface area contributed by atoms with Gasteiger partial charge in [0.2, 0.25) is 0 Å². The van der Waals surface area contributed by atoms with Crippen LogP contribution in [0.2, 0.25) is 0 Å². The zero-order valence-electron chi connectivity index (χ0n) is 10.5. The maximum atomic E-state index is 9.15. The van der Waals surface area contributed by atoms with E-state index >= 15 is 0 Å². The minimum absolute atomic E-state index is 0.118. The van der Waals surface area contributed by atoms with Gasteiger partial charge < -0.3 is 5.32 Å². The number of hydrogen-bond donors (Lipinski definition) is 1. The van der Waals surface area contributed by atoms with Crippen LogP contribution in [0.4, 0.5) is 5.82 Å². The number of rotatable bonds is 3. The molecule has 0 radical (unpaired) electrons. The van der Waals surface area contributed by atoms with Crippen LogP contribution in [0.3, 0.4) is 0 Å². The molecule has 0 aliphatic carbocycles. The summed E-state index contributed by atoms with van der Waals surface area (Å²) in [7, 11) is 0. The Morgan fingerprint density at radius 2 is 1.94 bits per heavy atom. The van der Waals surface area contributed by atoms with Gasteiger partial charge in [0, 0.05) is 12.2 Å². The van der Waals surface area contributed by atoms with Gasteiger partial charge in [0.1, 0.15) is 11.9 Å². The highest BCUT2D eigenvalue weighted by atomic mass is 15.0. The van der Waals surface area contributed by atoms with Crippen LogP contribution in [-0.2, 0) is 0 Å². The standard InChI is InChI=1S/C15H15N3/c1-11-8-9-17-15(14(11)10-16)18-12(2)13-6-4-3-5-7-13/h3-9,12H,1-2H3,(H,17,18)/t12-/m1/s1. The van der Waals surface area contributed by atoms with Gasteiger partial charge in [0.05, 0.1) is 5.56 Å². The number of anilines is 1. The molecule has 3 heteroatoms. The summed E-state index contributed by atoms with van der Waals surface area (Å²) in [5.74, 6) is 0.647. The van der Waals surface area contributed by atoms with Gasteiger partial charge in [0.15, 0.2) is 0 Å². The number of nitrogens with one attached hydrogen (secondary N) is 1. The average Bonchev–Trinajstić information content (AvgIpc) is 2.40. The third-order valence-electron chi connectivity index (χ3n) is 2.92. The Hall–Kier alpha value is -2.34. The highest BCUT2D eigenvalue weighted by molar-refractivity contribution is 5.56. The first-order valence-electron chi connectivity index (χ1n) is 5.89. The molecule has 1 heterocycles. The fourth-order valence-electron chi connectivity index (χ4n) is 1.84. The van der Waals surface area contributed by atoms with Crippen LogP contribution in [0.5, 0.6) is 0 Å². The van der Waals surface area contributed by atoms with Crippen molar-refractivity contribution in [2.45, 2.75) is 19.9 Å². The van der Waals surface area contributed by atoms with Crippen molar-refractivity contribution in [1.82, 2.24) is 4.98 Å². The molecule has 0 fully saturated rings. The van der Waals surface area contributed by atoms with Crippen LogP contribution in [0.1, 0.15) is 29.7 Å². The summed E-state index contributed by atoms with van der Waals surface area (Å²) in [6, 6.07) is 14.3. The summed E-state index contributed by atoms with van der Waals surface area (Å²) in [5, 5.41) is 12.4. The molecule has 0 unspecified atom stereocenters. The van der Waals surface area contributed by atoms with E-state index in [2.05, 4.69) is 35.4 Å². The molecule has 0 bridgehead atoms. The van der Waals surface area contributed by atoms with Crippen molar-refractivity contribution in [3.05, 3.63) is 59.3 Å². The topological polar surface area (TPSA) is 48.7 Å². The summed E-state index contributed by atoms with van der Waals surface area (Å²) in [6.45, 7) is 3.97. The zero-order valence-corrected chi connectivity index (χ0v) is 10.5. The van der Waals surface area contributed by atoms with E-state index in [0.717, 1.165) is 5.56 Å². The Labute approximate surface area is 107 Å². The van der Waals surface area contributed by atoms with Crippen molar-refractivity contribution < 1.29 is 0 Å². The molecule has 1 aromatic heterocycles. The summed E-state index contributed by atoms with van der Waals surface area (Å²) in [6.07, 6.45) is 1.72. The van der Waals surface area contributed by atoms with E-state index in [1.165, 1.54) is 5.56 Å². The zero-order chi connectivity index (χ0) is 13.0. The molecule has 0 amide bonds. The Bertz CT molecular complexity index is 570. The Balaban J connectivity index is 2.25. The first-order chi connectivity index (χ1) is 8.72. The molecule has 18 heavy (non-hydrogen) atoms. The summed E-state index contributed by atoms with van der Waals surface area (Å²) in [5.41, 5.74) is 2.72. The quantitative estimate of drug-likeness (QED) is 0.889. The van der Waals surface area contributed by atoms with E-state index in [1.807, 2.05) is 31.2 Å². The Morgan fingerprint density at radius 3 is 2.61 bits per heavy atom. The van der Waals surface area contributed by atoms with Gasteiger partial charge >= 0.3 is 0 Å². The van der Waals surface area contributed by atoms with Crippen LogP contribution < -0.4 is 5.32 Å². The molecule has 1 N–H and O–H groups in total. The predicted molar refractivity (Wildman–Crippen MR) is 72.2 cm³/mol. The molecular formula is C15H15N3. The number of benzene rings is 1. The third kappa shape index (κ3) is 2.49. The number of aromatic nitrogens is 1. The van der Waals surface area contributed by atoms with E-state index in [0.29, 0.717) is 11.4 Å². The molecule has 0 spiro atoms. The predicted octanol–water partition coefficient (Wildman–Crippen LogP) is 3.43. The molecule has 0 aliphatic rings. The van der Waals surface area contributed by atoms with Crippen LogP contribution in [0, 0.1) is 18.3 Å². The minimum Gasteiger partial charge on any atom is -0.362 e. The van der Waals surface area contributed by atoms with Crippen molar-refractivity contribution in [2.24, 2.45) is 0 Å². The number of pyridine rings is 1. The second-order valence-electron chi connectivity index (χ2n) is 4.24. The molecular weight excluding hydrogens is 222 g/mol. The maximum absolute atomic E-state index is 9.15. The number of nitriles is 1. The van der Waals surface area contributed by atoms with E-state index < -0.39 is 0 Å². The largest absolute Gasteiger partial charge is 0.362 e. The van der Waals surface area contributed by atoms with Crippen LogP contribution in [0.15, 0.2) is 42.6 Å². The third-order valence-corrected chi connectivity index (χ3v) is 2.92. The van der Waals surface area contributed by atoms with Gasteiger partial charge in [-0.3, -0.25) is 0 Å². The Morgan fingerprint density at radius 1 is 1.22 bits per heavy atom. The smallest absolute Gasteiger partial charge is 0.144 e. The molecule has 3 nitrogen and oxygen atoms in total. The second kappa shape index (κ2) is 5.33. The monoisotopic (exact) mass is 237 g/mol. The van der Waals surface area contributed by atoms with Crippen LogP contribution in [-0.4, -0.2) is 4.98 Å². The van der Waals surface area contributed by atoms with Gasteiger partial charge in [-0.1, -0.05) is 30.3 Å². The van der Waals surface area contributed by atoms with Gasteiger partial charge in [0.25, 0.3) is 0 Å². The average molecular weight is 237 g/mol. The lowest BCUT2D eigenvalue weighted by Gasteiger charge is -2.16. The number of hydrogen-bond acceptors (Lipinski definition) is 3. The molecule has 1 aromatic carbocycles. The van der Waals surface area contributed by atoms with E-state index in [4.69, 9.17) is 5.26 Å². The highest BCUT2D eigenvalue weighted by Crippen LogP contribution is 2.21. The fourth-order valence-corrected chi connectivity index (χ4v) is 1.84. The van der Waals surface area contributed by atoms with E-state index in [-0.39, 0.29) is 6.04 Å². The van der Waals surface area contributed by atoms with Crippen LogP contribution in [0.25, 0.3) is 0 Å². The van der Waals surface area contributed by atoms with E-state index in [1.54, 1.807) is 6.20 Å². The second-order valence-corrected chi connectivity index (χ2v) is 4.24. The van der Waals surface area contributed by atoms with Crippen molar-refractivity contribution in [1.29, 1.82) is 5.26 Å². The molecule has 2 rings (SSSR count). The van der Waals surface area contributed by atoms with Gasteiger partial charge in [-0.15, -0.1) is 0 Å².